The number of amides is 1. The third kappa shape index (κ3) is 3.97. The number of fused-ring (bicyclic) bond motifs is 1. The number of ether oxygens (including phenoxy) is 1. The van der Waals surface area contributed by atoms with Gasteiger partial charge in [0.15, 0.2) is 0 Å². The van der Waals surface area contributed by atoms with Crippen LogP contribution < -0.4 is 10.1 Å². The van der Waals surface area contributed by atoms with Crippen LogP contribution in [0.15, 0.2) is 22.6 Å². The Morgan fingerprint density at radius 2 is 2.04 bits per heavy atom. The van der Waals surface area contributed by atoms with Gasteiger partial charge in [0, 0.05) is 36.2 Å². The highest BCUT2D eigenvalue weighted by atomic mass is 16.5. The zero-order valence-electron chi connectivity index (χ0n) is 15.3. The van der Waals surface area contributed by atoms with Crippen molar-refractivity contribution in [2.24, 2.45) is 0 Å². The minimum atomic E-state index is -0.100. The molecule has 24 heavy (non-hydrogen) atoms. The fourth-order valence-corrected chi connectivity index (χ4v) is 2.57. The summed E-state index contributed by atoms with van der Waals surface area (Å²) in [6, 6.07) is 3.91. The Bertz CT molecular complexity index is 773. The van der Waals surface area contributed by atoms with Crippen molar-refractivity contribution in [2.45, 2.75) is 20.8 Å². The van der Waals surface area contributed by atoms with Gasteiger partial charge in [0.1, 0.15) is 17.1 Å². The third-order valence-electron chi connectivity index (χ3n) is 4.13. The summed E-state index contributed by atoms with van der Waals surface area (Å²) in [7, 11) is 5.57. The van der Waals surface area contributed by atoms with E-state index in [0.29, 0.717) is 12.3 Å². The van der Waals surface area contributed by atoms with Crippen LogP contribution in [0.4, 0.5) is 0 Å². The molecule has 0 unspecified atom stereocenters. The molecule has 0 radical (unpaired) electrons. The Balaban J connectivity index is 2.30. The maximum Gasteiger partial charge on any atom is 0.244 e. The van der Waals surface area contributed by atoms with Gasteiger partial charge >= 0.3 is 0 Å². The number of likely N-dealkylation sites (N-methyl/N-ethyl adjacent to an activating group) is 1. The van der Waals surface area contributed by atoms with E-state index in [4.69, 9.17) is 9.15 Å². The second kappa shape index (κ2) is 7.53. The van der Waals surface area contributed by atoms with Gasteiger partial charge in [-0.2, -0.15) is 0 Å². The molecule has 0 saturated carbocycles. The van der Waals surface area contributed by atoms with E-state index in [0.717, 1.165) is 40.0 Å². The number of carbonyl (C=O) groups is 1. The Kier molecular flexibility index (Phi) is 5.67. The molecule has 5 heteroatoms. The van der Waals surface area contributed by atoms with Crippen LogP contribution in [0.25, 0.3) is 16.5 Å². The summed E-state index contributed by atoms with van der Waals surface area (Å²) < 4.78 is 11.2. The molecule has 1 heterocycles. The summed E-state index contributed by atoms with van der Waals surface area (Å²) in [5.41, 5.74) is 3.66. The van der Waals surface area contributed by atoms with Gasteiger partial charge in [-0.05, 0) is 52.1 Å². The molecule has 0 aliphatic carbocycles. The standard InChI is InChI=1S/C19H26N2O3/c1-12(9-19(22)20-7-8-21(4)5)15-10-16-13(2)14(3)24-18(16)11-17(15)23-6/h9-11H,7-8H2,1-6H3,(H,20,22)/b12-9+. The smallest absolute Gasteiger partial charge is 0.244 e. The highest BCUT2D eigenvalue weighted by Crippen LogP contribution is 2.34. The summed E-state index contributed by atoms with van der Waals surface area (Å²) in [5, 5.41) is 3.93. The number of rotatable bonds is 6. The molecule has 1 aromatic heterocycles. The molecule has 0 bridgehead atoms. The predicted octanol–water partition coefficient (Wildman–Crippen LogP) is 3.14. The largest absolute Gasteiger partial charge is 0.496 e. The maximum atomic E-state index is 12.1. The lowest BCUT2D eigenvalue weighted by Gasteiger charge is -2.11. The molecule has 2 aromatic rings. The topological polar surface area (TPSA) is 54.7 Å². The van der Waals surface area contributed by atoms with E-state index >= 15 is 0 Å². The third-order valence-corrected chi connectivity index (χ3v) is 4.13. The normalized spacial score (nSPS) is 12.0. The molecule has 0 atom stereocenters. The van der Waals surface area contributed by atoms with Crippen molar-refractivity contribution < 1.29 is 13.9 Å². The van der Waals surface area contributed by atoms with Crippen LogP contribution >= 0.6 is 0 Å². The molecule has 1 aromatic carbocycles. The first-order valence-electron chi connectivity index (χ1n) is 8.02. The molecule has 0 fully saturated rings. The number of carbonyl (C=O) groups excluding carboxylic acids is 1. The first-order chi connectivity index (χ1) is 11.3. The number of allylic oxidation sites excluding steroid dienone is 1. The minimum Gasteiger partial charge on any atom is -0.496 e. The van der Waals surface area contributed by atoms with Crippen LogP contribution in [-0.4, -0.2) is 45.1 Å². The van der Waals surface area contributed by atoms with Gasteiger partial charge in [-0.25, -0.2) is 0 Å². The zero-order valence-corrected chi connectivity index (χ0v) is 15.3. The van der Waals surface area contributed by atoms with Gasteiger partial charge in [-0.1, -0.05) is 0 Å². The Labute approximate surface area is 143 Å². The molecule has 1 N–H and O–H groups in total. The van der Waals surface area contributed by atoms with Gasteiger partial charge in [-0.15, -0.1) is 0 Å². The lowest BCUT2D eigenvalue weighted by atomic mass is 10.0. The molecule has 1 amide bonds. The van der Waals surface area contributed by atoms with Gasteiger partial charge in [0.2, 0.25) is 5.91 Å². The van der Waals surface area contributed by atoms with E-state index < -0.39 is 0 Å². The summed E-state index contributed by atoms with van der Waals surface area (Å²) in [6.45, 7) is 7.32. The van der Waals surface area contributed by atoms with Crippen molar-refractivity contribution in [3.8, 4) is 5.75 Å². The van der Waals surface area contributed by atoms with Crippen molar-refractivity contribution in [3.63, 3.8) is 0 Å². The molecular weight excluding hydrogens is 304 g/mol. The average Bonchev–Trinajstić information content (AvgIpc) is 2.79. The number of nitrogens with zero attached hydrogens (tertiary/aromatic N) is 1. The summed E-state index contributed by atoms with van der Waals surface area (Å²) in [6.07, 6.45) is 1.61. The van der Waals surface area contributed by atoms with E-state index in [1.54, 1.807) is 13.2 Å². The maximum absolute atomic E-state index is 12.1. The second-order valence-corrected chi connectivity index (χ2v) is 6.25. The fourth-order valence-electron chi connectivity index (χ4n) is 2.57. The minimum absolute atomic E-state index is 0.100. The highest BCUT2D eigenvalue weighted by molar-refractivity contribution is 5.97. The first kappa shape index (κ1) is 18.1. The van der Waals surface area contributed by atoms with Gasteiger partial charge in [0.05, 0.1) is 7.11 Å². The Morgan fingerprint density at radius 3 is 2.67 bits per heavy atom. The van der Waals surface area contributed by atoms with Crippen LogP contribution in [0.2, 0.25) is 0 Å². The molecule has 0 spiro atoms. The van der Waals surface area contributed by atoms with Gasteiger partial charge in [0.25, 0.3) is 0 Å². The number of hydrogen-bond acceptors (Lipinski definition) is 4. The number of hydrogen-bond donors (Lipinski definition) is 1. The van der Waals surface area contributed by atoms with Gasteiger partial charge < -0.3 is 19.4 Å². The Hall–Kier alpha value is -2.27. The van der Waals surface area contributed by atoms with Crippen LogP contribution in [0.5, 0.6) is 5.75 Å². The number of nitrogens with one attached hydrogen (secondary N) is 1. The van der Waals surface area contributed by atoms with Crippen LogP contribution in [0.1, 0.15) is 23.8 Å². The van der Waals surface area contributed by atoms with Crippen LogP contribution in [-0.2, 0) is 4.79 Å². The van der Waals surface area contributed by atoms with Crippen molar-refractivity contribution in [1.29, 1.82) is 0 Å². The zero-order chi connectivity index (χ0) is 17.9. The van der Waals surface area contributed by atoms with Crippen molar-refractivity contribution in [2.75, 3.05) is 34.3 Å². The van der Waals surface area contributed by atoms with E-state index in [2.05, 4.69) is 5.32 Å². The summed E-state index contributed by atoms with van der Waals surface area (Å²) in [4.78, 5) is 14.1. The van der Waals surface area contributed by atoms with Crippen LogP contribution in [0, 0.1) is 13.8 Å². The molecule has 0 aliphatic rings. The van der Waals surface area contributed by atoms with E-state index in [1.807, 2.05) is 51.9 Å². The molecular formula is C19H26N2O3. The number of furan rings is 1. The summed E-state index contributed by atoms with van der Waals surface area (Å²) in [5.74, 6) is 1.50. The lowest BCUT2D eigenvalue weighted by molar-refractivity contribution is -0.116. The average molecular weight is 330 g/mol. The molecule has 130 valence electrons. The molecule has 0 aliphatic heterocycles. The van der Waals surface area contributed by atoms with Gasteiger partial charge in [-0.3, -0.25) is 4.79 Å². The monoisotopic (exact) mass is 330 g/mol. The highest BCUT2D eigenvalue weighted by Gasteiger charge is 2.14. The predicted molar refractivity (Wildman–Crippen MR) is 97.5 cm³/mol. The number of benzene rings is 1. The fraction of sp³-hybridized carbons (Fsp3) is 0.421. The van der Waals surface area contributed by atoms with Crippen LogP contribution in [0.3, 0.4) is 0 Å². The van der Waals surface area contributed by atoms with Crippen molar-refractivity contribution in [1.82, 2.24) is 10.2 Å². The molecule has 2 rings (SSSR count). The number of aryl methyl sites for hydroxylation is 2. The molecule has 0 saturated heterocycles. The van der Waals surface area contributed by atoms with Crippen molar-refractivity contribution in [3.05, 3.63) is 35.1 Å². The number of methoxy groups -OCH3 is 1. The quantitative estimate of drug-likeness (QED) is 0.827. The lowest BCUT2D eigenvalue weighted by Crippen LogP contribution is -2.30. The molecule has 5 nitrogen and oxygen atoms in total. The SMILES string of the molecule is COc1cc2oc(C)c(C)c2cc1/C(C)=C/C(=O)NCCN(C)C. The van der Waals surface area contributed by atoms with E-state index in [9.17, 15) is 4.79 Å². The van der Waals surface area contributed by atoms with E-state index in [1.165, 1.54) is 0 Å². The van der Waals surface area contributed by atoms with Crippen molar-refractivity contribution >= 4 is 22.4 Å². The van der Waals surface area contributed by atoms with E-state index in [-0.39, 0.29) is 5.91 Å². The first-order valence-corrected chi connectivity index (χ1v) is 8.02. The Morgan fingerprint density at radius 1 is 1.33 bits per heavy atom. The second-order valence-electron chi connectivity index (χ2n) is 6.25. The summed E-state index contributed by atoms with van der Waals surface area (Å²) >= 11 is 0.